The lowest BCUT2D eigenvalue weighted by molar-refractivity contribution is -0.142. The number of aliphatic carboxylic acids is 1. The van der Waals surface area contributed by atoms with Crippen LogP contribution >= 0.6 is 12.4 Å². The summed E-state index contributed by atoms with van der Waals surface area (Å²) in [6.07, 6.45) is 4.39. The molecule has 0 radical (unpaired) electrons. The Bertz CT molecular complexity index is 131. The van der Waals surface area contributed by atoms with E-state index < -0.39 is 5.97 Å². The number of rotatable bonds is 7. The van der Waals surface area contributed by atoms with E-state index in [9.17, 15) is 4.79 Å². The zero-order chi connectivity index (χ0) is 9.40. The summed E-state index contributed by atoms with van der Waals surface area (Å²) >= 11 is 0. The second-order valence-electron chi connectivity index (χ2n) is 3.11. The molecule has 0 aromatic rings. The van der Waals surface area contributed by atoms with Gasteiger partial charge in [-0.1, -0.05) is 19.8 Å². The third-order valence-electron chi connectivity index (χ3n) is 1.99. The molecular weight excluding hydrogens is 190 g/mol. The fourth-order valence-electron chi connectivity index (χ4n) is 1.27. The van der Waals surface area contributed by atoms with Crippen molar-refractivity contribution in [3.63, 3.8) is 0 Å². The minimum Gasteiger partial charge on any atom is -0.481 e. The van der Waals surface area contributed by atoms with Crippen molar-refractivity contribution in [1.82, 2.24) is 0 Å². The highest BCUT2D eigenvalue weighted by Gasteiger charge is 2.14. The number of carboxylic acid groups (broad SMARTS) is 1. The number of unbranched alkanes of at least 4 members (excludes halogenated alkanes) is 1. The van der Waals surface area contributed by atoms with Gasteiger partial charge in [-0.05, 0) is 25.8 Å². The molecule has 0 spiro atoms. The topological polar surface area (TPSA) is 63.3 Å². The maximum Gasteiger partial charge on any atom is 0.306 e. The van der Waals surface area contributed by atoms with Crippen LogP contribution < -0.4 is 5.73 Å². The molecule has 0 rings (SSSR count). The van der Waals surface area contributed by atoms with Gasteiger partial charge in [0, 0.05) is 0 Å². The predicted molar refractivity (Wildman–Crippen MR) is 56.2 cm³/mol. The van der Waals surface area contributed by atoms with E-state index in [1.165, 1.54) is 0 Å². The summed E-state index contributed by atoms with van der Waals surface area (Å²) in [6.45, 7) is 2.68. The summed E-state index contributed by atoms with van der Waals surface area (Å²) in [5, 5.41) is 8.77. The van der Waals surface area contributed by atoms with E-state index in [0.29, 0.717) is 6.54 Å². The first-order valence-electron chi connectivity index (χ1n) is 4.65. The van der Waals surface area contributed by atoms with Crippen molar-refractivity contribution in [2.45, 2.75) is 39.0 Å². The van der Waals surface area contributed by atoms with E-state index in [0.717, 1.165) is 32.1 Å². The normalized spacial score (nSPS) is 11.8. The third-order valence-corrected chi connectivity index (χ3v) is 1.99. The molecule has 4 heteroatoms. The fourth-order valence-corrected chi connectivity index (χ4v) is 1.27. The molecule has 0 aliphatic rings. The van der Waals surface area contributed by atoms with E-state index in [2.05, 4.69) is 0 Å². The standard InChI is InChI=1S/C9H19NO2.ClH/c1-2-5-8(9(11)12)6-3-4-7-10;/h8H,2-7,10H2,1H3,(H,11,12);1H. The molecule has 0 saturated carbocycles. The smallest absolute Gasteiger partial charge is 0.306 e. The molecule has 0 aliphatic heterocycles. The van der Waals surface area contributed by atoms with Crippen molar-refractivity contribution < 1.29 is 9.90 Å². The molecule has 0 aromatic carbocycles. The zero-order valence-electron chi connectivity index (χ0n) is 8.16. The Morgan fingerprint density at radius 3 is 2.38 bits per heavy atom. The molecule has 13 heavy (non-hydrogen) atoms. The molecule has 0 saturated heterocycles. The van der Waals surface area contributed by atoms with E-state index in [1.54, 1.807) is 0 Å². The first kappa shape index (κ1) is 15.2. The van der Waals surface area contributed by atoms with Crippen LogP contribution in [0.15, 0.2) is 0 Å². The lowest BCUT2D eigenvalue weighted by Gasteiger charge is -2.09. The summed E-state index contributed by atoms with van der Waals surface area (Å²) in [6, 6.07) is 0. The van der Waals surface area contributed by atoms with Crippen molar-refractivity contribution in [3.05, 3.63) is 0 Å². The Balaban J connectivity index is 0. The highest BCUT2D eigenvalue weighted by Crippen LogP contribution is 2.14. The van der Waals surface area contributed by atoms with Crippen molar-refractivity contribution in [2.75, 3.05) is 6.54 Å². The van der Waals surface area contributed by atoms with E-state index in [-0.39, 0.29) is 18.3 Å². The molecule has 80 valence electrons. The van der Waals surface area contributed by atoms with Gasteiger partial charge in [0.1, 0.15) is 0 Å². The Morgan fingerprint density at radius 1 is 1.38 bits per heavy atom. The fraction of sp³-hybridized carbons (Fsp3) is 0.889. The summed E-state index contributed by atoms with van der Waals surface area (Å²) in [7, 11) is 0. The van der Waals surface area contributed by atoms with Gasteiger partial charge >= 0.3 is 5.97 Å². The number of nitrogens with two attached hydrogens (primary N) is 1. The Hall–Kier alpha value is -0.280. The Labute approximate surface area is 86.1 Å². The van der Waals surface area contributed by atoms with Crippen LogP contribution in [0.5, 0.6) is 0 Å². The van der Waals surface area contributed by atoms with Gasteiger partial charge in [0.25, 0.3) is 0 Å². The minimum absolute atomic E-state index is 0. The number of hydrogen-bond acceptors (Lipinski definition) is 2. The first-order chi connectivity index (χ1) is 5.72. The highest BCUT2D eigenvalue weighted by atomic mass is 35.5. The monoisotopic (exact) mass is 209 g/mol. The summed E-state index contributed by atoms with van der Waals surface area (Å²) < 4.78 is 0. The van der Waals surface area contributed by atoms with Crippen molar-refractivity contribution in [2.24, 2.45) is 11.7 Å². The van der Waals surface area contributed by atoms with Crippen molar-refractivity contribution >= 4 is 18.4 Å². The molecule has 0 amide bonds. The lowest BCUT2D eigenvalue weighted by Crippen LogP contribution is -2.13. The van der Waals surface area contributed by atoms with E-state index in [4.69, 9.17) is 10.8 Å². The second-order valence-corrected chi connectivity index (χ2v) is 3.11. The molecule has 1 unspecified atom stereocenters. The van der Waals surface area contributed by atoms with Gasteiger partial charge < -0.3 is 10.8 Å². The SMILES string of the molecule is CCCC(CCCCN)C(=O)O.Cl. The molecule has 0 fully saturated rings. The molecule has 0 heterocycles. The maximum absolute atomic E-state index is 10.7. The minimum atomic E-state index is -0.658. The number of carboxylic acids is 1. The molecule has 0 bridgehead atoms. The largest absolute Gasteiger partial charge is 0.481 e. The molecular formula is C9H20ClNO2. The van der Waals surface area contributed by atoms with Crippen LogP contribution in [0, 0.1) is 5.92 Å². The van der Waals surface area contributed by atoms with Gasteiger partial charge in [-0.25, -0.2) is 0 Å². The van der Waals surface area contributed by atoms with Crippen LogP contribution in [-0.2, 0) is 4.79 Å². The first-order valence-corrected chi connectivity index (χ1v) is 4.65. The third kappa shape index (κ3) is 8.06. The zero-order valence-corrected chi connectivity index (χ0v) is 8.98. The number of carbonyl (C=O) groups is 1. The average molecular weight is 210 g/mol. The van der Waals surface area contributed by atoms with Crippen LogP contribution in [0.2, 0.25) is 0 Å². The van der Waals surface area contributed by atoms with Crippen LogP contribution in [0.3, 0.4) is 0 Å². The lowest BCUT2D eigenvalue weighted by atomic mass is 9.97. The van der Waals surface area contributed by atoms with Gasteiger partial charge in [-0.3, -0.25) is 4.79 Å². The molecule has 3 N–H and O–H groups in total. The number of halogens is 1. The van der Waals surface area contributed by atoms with Gasteiger partial charge in [-0.15, -0.1) is 12.4 Å². The van der Waals surface area contributed by atoms with Crippen LogP contribution in [0.25, 0.3) is 0 Å². The van der Waals surface area contributed by atoms with Crippen molar-refractivity contribution in [1.29, 1.82) is 0 Å². The van der Waals surface area contributed by atoms with E-state index >= 15 is 0 Å². The summed E-state index contributed by atoms with van der Waals surface area (Å²) in [5.41, 5.74) is 5.32. The maximum atomic E-state index is 10.7. The van der Waals surface area contributed by atoms with Crippen LogP contribution in [0.4, 0.5) is 0 Å². The summed E-state index contributed by atoms with van der Waals surface area (Å²) in [4.78, 5) is 10.7. The van der Waals surface area contributed by atoms with Gasteiger partial charge in [0.2, 0.25) is 0 Å². The molecule has 3 nitrogen and oxygen atoms in total. The molecule has 0 aliphatic carbocycles. The van der Waals surface area contributed by atoms with Crippen LogP contribution in [0.1, 0.15) is 39.0 Å². The average Bonchev–Trinajstić information content (AvgIpc) is 2.03. The van der Waals surface area contributed by atoms with Gasteiger partial charge in [-0.2, -0.15) is 0 Å². The highest BCUT2D eigenvalue weighted by molar-refractivity contribution is 5.85. The van der Waals surface area contributed by atoms with E-state index in [1.807, 2.05) is 6.92 Å². The van der Waals surface area contributed by atoms with Crippen molar-refractivity contribution in [3.8, 4) is 0 Å². The quantitative estimate of drug-likeness (QED) is 0.631. The molecule has 1 atom stereocenters. The molecule has 0 aromatic heterocycles. The van der Waals surface area contributed by atoms with Gasteiger partial charge in [0.15, 0.2) is 0 Å². The second kappa shape index (κ2) is 9.81. The Kier molecular flexibility index (Phi) is 11.5. The predicted octanol–water partition coefficient (Wildman–Crippen LogP) is 2.04. The number of hydrogen-bond donors (Lipinski definition) is 2. The summed E-state index contributed by atoms with van der Waals surface area (Å²) in [5.74, 6) is -0.810. The van der Waals surface area contributed by atoms with Crippen LogP contribution in [-0.4, -0.2) is 17.6 Å². The van der Waals surface area contributed by atoms with Gasteiger partial charge in [0.05, 0.1) is 5.92 Å². The Morgan fingerprint density at radius 2 is 2.00 bits per heavy atom.